The van der Waals surface area contributed by atoms with Crippen LogP contribution in [0.3, 0.4) is 0 Å². The molecule has 1 aliphatic heterocycles. The number of nitrogens with zero attached hydrogens (tertiary/aromatic N) is 3. The summed E-state index contributed by atoms with van der Waals surface area (Å²) in [5, 5.41) is 5.80. The molecule has 2 unspecified atom stereocenters. The molecule has 3 rings (SSSR count). The first kappa shape index (κ1) is 11.0. The number of halogens is 2. The smallest absolute Gasteiger partial charge is 0.233 e. The lowest BCUT2D eigenvalue weighted by molar-refractivity contribution is -0.117. The molecule has 92 valence electrons. The minimum absolute atomic E-state index is 0.00420. The number of carbonyl (C=O) groups is 1. The standard InChI is InChI=1S/C11H8F2N4O/c12-4-1-6-5-3-7(5)10(16-17-14)11(18)15-9(6)8(13)2-4/h1-2,5,7,10H,3H2,(H,15,18)/t5-,7?,10?/m0/s1. The highest BCUT2D eigenvalue weighted by atomic mass is 19.1. The van der Waals surface area contributed by atoms with Gasteiger partial charge in [0.05, 0.1) is 5.69 Å². The molecule has 0 spiro atoms. The molecular formula is C11H8F2N4O. The first-order valence-electron chi connectivity index (χ1n) is 5.46. The number of hydrogen-bond donors (Lipinski definition) is 1. The number of nitrogens with one attached hydrogen (secondary N) is 1. The first-order valence-corrected chi connectivity index (χ1v) is 5.46. The lowest BCUT2D eigenvalue weighted by atomic mass is 10.1. The summed E-state index contributed by atoms with van der Waals surface area (Å²) in [4.78, 5) is 14.4. The van der Waals surface area contributed by atoms with Crippen molar-refractivity contribution in [3.05, 3.63) is 39.8 Å². The van der Waals surface area contributed by atoms with Crippen molar-refractivity contribution < 1.29 is 13.6 Å². The van der Waals surface area contributed by atoms with Gasteiger partial charge in [-0.05, 0) is 35.4 Å². The van der Waals surface area contributed by atoms with Gasteiger partial charge in [0.25, 0.3) is 0 Å². The molecule has 7 heteroatoms. The fraction of sp³-hybridized carbons (Fsp3) is 0.364. The van der Waals surface area contributed by atoms with E-state index in [2.05, 4.69) is 15.3 Å². The summed E-state index contributed by atoms with van der Waals surface area (Å²) >= 11 is 0. The third-order valence-corrected chi connectivity index (χ3v) is 3.42. The van der Waals surface area contributed by atoms with Gasteiger partial charge >= 0.3 is 0 Å². The van der Waals surface area contributed by atoms with E-state index in [9.17, 15) is 13.6 Å². The van der Waals surface area contributed by atoms with Gasteiger partial charge in [0.2, 0.25) is 5.91 Å². The summed E-state index contributed by atoms with van der Waals surface area (Å²) in [7, 11) is 0. The van der Waals surface area contributed by atoms with Crippen molar-refractivity contribution in [1.29, 1.82) is 0 Å². The molecule has 1 aromatic rings. The van der Waals surface area contributed by atoms with Crippen LogP contribution in [0.15, 0.2) is 17.2 Å². The van der Waals surface area contributed by atoms with E-state index in [0.717, 1.165) is 6.07 Å². The van der Waals surface area contributed by atoms with Gasteiger partial charge in [-0.15, -0.1) is 0 Å². The molecule has 3 atom stereocenters. The highest BCUT2D eigenvalue weighted by Gasteiger charge is 2.50. The second-order valence-electron chi connectivity index (χ2n) is 4.50. The van der Waals surface area contributed by atoms with Crippen LogP contribution in [0.4, 0.5) is 14.5 Å². The van der Waals surface area contributed by atoms with E-state index in [1.165, 1.54) is 6.07 Å². The van der Waals surface area contributed by atoms with Crippen LogP contribution in [0.1, 0.15) is 17.9 Å². The third-order valence-electron chi connectivity index (χ3n) is 3.42. The van der Waals surface area contributed by atoms with E-state index in [1.54, 1.807) is 0 Å². The molecule has 1 fully saturated rings. The van der Waals surface area contributed by atoms with Crippen molar-refractivity contribution in [2.24, 2.45) is 11.0 Å². The maximum absolute atomic E-state index is 13.6. The molecule has 1 amide bonds. The minimum atomic E-state index is -0.852. The Morgan fingerprint density at radius 1 is 1.44 bits per heavy atom. The Kier molecular flexibility index (Phi) is 2.24. The predicted molar refractivity (Wildman–Crippen MR) is 58.8 cm³/mol. The monoisotopic (exact) mass is 250 g/mol. The van der Waals surface area contributed by atoms with Crippen molar-refractivity contribution in [1.82, 2.24) is 0 Å². The number of benzene rings is 1. The maximum atomic E-state index is 13.6. The molecule has 18 heavy (non-hydrogen) atoms. The number of rotatable bonds is 1. The molecule has 1 aliphatic carbocycles. The van der Waals surface area contributed by atoms with Crippen LogP contribution in [-0.4, -0.2) is 11.9 Å². The van der Waals surface area contributed by atoms with Gasteiger partial charge in [0.15, 0.2) is 0 Å². The summed E-state index contributed by atoms with van der Waals surface area (Å²) < 4.78 is 26.8. The normalized spacial score (nSPS) is 28.3. The Morgan fingerprint density at radius 2 is 2.22 bits per heavy atom. The lowest BCUT2D eigenvalue weighted by Gasteiger charge is -2.10. The summed E-state index contributed by atoms with van der Waals surface area (Å²) in [5.74, 6) is -2.30. The van der Waals surface area contributed by atoms with Gasteiger partial charge in [-0.25, -0.2) is 8.78 Å². The number of hydrogen-bond acceptors (Lipinski definition) is 2. The second kappa shape index (κ2) is 3.68. The van der Waals surface area contributed by atoms with Crippen molar-refractivity contribution >= 4 is 11.6 Å². The fourth-order valence-corrected chi connectivity index (χ4v) is 2.52. The Morgan fingerprint density at radius 3 is 2.94 bits per heavy atom. The van der Waals surface area contributed by atoms with E-state index in [-0.39, 0.29) is 17.5 Å². The molecule has 0 bridgehead atoms. The van der Waals surface area contributed by atoms with Crippen molar-refractivity contribution in [3.8, 4) is 0 Å². The number of amides is 1. The maximum Gasteiger partial charge on any atom is 0.233 e. The average Bonchev–Trinajstić information content (AvgIpc) is 3.08. The zero-order chi connectivity index (χ0) is 12.9. The Labute approximate surface area is 100 Å². The fourth-order valence-electron chi connectivity index (χ4n) is 2.52. The van der Waals surface area contributed by atoms with Crippen LogP contribution in [0.5, 0.6) is 0 Å². The van der Waals surface area contributed by atoms with Gasteiger partial charge in [-0.1, -0.05) is 5.11 Å². The van der Waals surface area contributed by atoms with E-state index < -0.39 is 23.6 Å². The van der Waals surface area contributed by atoms with E-state index in [1.807, 2.05) is 0 Å². The van der Waals surface area contributed by atoms with Gasteiger partial charge in [0, 0.05) is 11.0 Å². The van der Waals surface area contributed by atoms with Gasteiger partial charge < -0.3 is 5.32 Å². The van der Waals surface area contributed by atoms with Crippen LogP contribution in [0.2, 0.25) is 0 Å². The number of azide groups is 1. The predicted octanol–water partition coefficient (Wildman–Crippen LogP) is 2.70. The SMILES string of the molecule is [N-]=[N+]=NC1C(=O)Nc2c(F)cc(F)cc2[C@@H]2CC12. The van der Waals surface area contributed by atoms with E-state index >= 15 is 0 Å². The molecule has 1 N–H and O–H groups in total. The van der Waals surface area contributed by atoms with Crippen molar-refractivity contribution in [3.63, 3.8) is 0 Å². The van der Waals surface area contributed by atoms with Crippen LogP contribution in [-0.2, 0) is 4.79 Å². The quantitative estimate of drug-likeness (QED) is 0.464. The second-order valence-corrected chi connectivity index (χ2v) is 4.50. The Bertz CT molecular complexity index is 597. The first-order chi connectivity index (χ1) is 8.61. The molecule has 1 heterocycles. The van der Waals surface area contributed by atoms with Crippen molar-refractivity contribution in [2.45, 2.75) is 18.4 Å². The number of carbonyl (C=O) groups excluding carboxylic acids is 1. The number of anilines is 1. The molecule has 0 saturated heterocycles. The van der Waals surface area contributed by atoms with Crippen LogP contribution < -0.4 is 5.32 Å². The summed E-state index contributed by atoms with van der Waals surface area (Å²) in [5.41, 5.74) is 8.87. The van der Waals surface area contributed by atoms with Crippen molar-refractivity contribution in [2.75, 3.05) is 5.32 Å². The molecule has 0 radical (unpaired) electrons. The average molecular weight is 250 g/mol. The highest BCUT2D eigenvalue weighted by Crippen LogP contribution is 2.54. The van der Waals surface area contributed by atoms with Crippen LogP contribution >= 0.6 is 0 Å². The molecule has 1 saturated carbocycles. The molecule has 0 aromatic heterocycles. The van der Waals surface area contributed by atoms with Gasteiger partial charge in [0.1, 0.15) is 17.7 Å². The molecule has 5 nitrogen and oxygen atoms in total. The summed E-state index contributed by atoms with van der Waals surface area (Å²) in [6.45, 7) is 0. The van der Waals surface area contributed by atoms with Gasteiger partial charge in [-0.2, -0.15) is 0 Å². The molecular weight excluding hydrogens is 242 g/mol. The third kappa shape index (κ3) is 1.52. The van der Waals surface area contributed by atoms with E-state index in [0.29, 0.717) is 12.0 Å². The molecule has 2 aliphatic rings. The molecule has 1 aromatic carbocycles. The zero-order valence-corrected chi connectivity index (χ0v) is 9.10. The summed E-state index contributed by atoms with van der Waals surface area (Å²) in [6.07, 6.45) is 0.604. The summed E-state index contributed by atoms with van der Waals surface area (Å²) in [6, 6.07) is 1.10. The zero-order valence-electron chi connectivity index (χ0n) is 9.10. The Balaban J connectivity index is 2.10. The van der Waals surface area contributed by atoms with Crippen LogP contribution in [0, 0.1) is 17.6 Å². The lowest BCUT2D eigenvalue weighted by Crippen LogP contribution is -2.27. The van der Waals surface area contributed by atoms with E-state index in [4.69, 9.17) is 5.53 Å². The highest BCUT2D eigenvalue weighted by molar-refractivity contribution is 5.97. The number of fused-ring (bicyclic) bond motifs is 3. The largest absolute Gasteiger partial charge is 0.323 e. The minimum Gasteiger partial charge on any atom is -0.323 e. The Hall–Kier alpha value is -2.14. The topological polar surface area (TPSA) is 77.9 Å². The van der Waals surface area contributed by atoms with Gasteiger partial charge in [-0.3, -0.25) is 4.79 Å². The van der Waals surface area contributed by atoms with Crippen LogP contribution in [0.25, 0.3) is 10.4 Å².